The Balaban J connectivity index is 0.962. The second kappa shape index (κ2) is 26.3. The summed E-state index contributed by atoms with van der Waals surface area (Å²) >= 11 is 0. The molecule has 4 aliphatic rings. The number of hydrogen-bond acceptors (Lipinski definition) is 24. The van der Waals surface area contributed by atoms with E-state index in [1.54, 1.807) is 0 Å². The fourth-order valence-corrected chi connectivity index (χ4v) is 10.0. The second-order valence-corrected chi connectivity index (χ2v) is 20.4. The Morgan fingerprint density at radius 2 is 0.674 bits per heavy atom. The van der Waals surface area contributed by atoms with E-state index in [2.05, 4.69) is 0 Å². The Hall–Kier alpha value is -7.98. The number of ether oxygens (including phenoxy) is 8. The van der Waals surface area contributed by atoms with Crippen LogP contribution in [-0.2, 0) is 18.9 Å². The van der Waals surface area contributed by atoms with E-state index in [4.69, 9.17) is 37.9 Å². The van der Waals surface area contributed by atoms with E-state index in [1.807, 2.05) is 0 Å². The number of hydrogen-bond donors (Lipinski definition) is 12. The van der Waals surface area contributed by atoms with Gasteiger partial charge in [-0.1, -0.05) is 18.2 Å². The van der Waals surface area contributed by atoms with Crippen LogP contribution >= 0.6 is 0 Å². The molecule has 28 heteroatoms. The van der Waals surface area contributed by atoms with Gasteiger partial charge >= 0.3 is 23.9 Å². The average Bonchev–Trinajstić information content (AvgIpc) is 2.77. The summed E-state index contributed by atoms with van der Waals surface area (Å²) in [6.45, 7) is -2.40. The van der Waals surface area contributed by atoms with Crippen molar-refractivity contribution >= 4 is 36.0 Å². The topological polar surface area (TPSA) is 400 Å². The zero-order valence-electron chi connectivity index (χ0n) is 45.0. The van der Waals surface area contributed by atoms with Crippen LogP contribution in [0.2, 0.25) is 0 Å². The summed E-state index contributed by atoms with van der Waals surface area (Å²) in [4.78, 5) is 55.7. The molecule has 2 aromatic carbocycles. The summed E-state index contributed by atoms with van der Waals surface area (Å²) in [5.41, 5.74) is 0.148. The van der Waals surface area contributed by atoms with Gasteiger partial charge in [-0.3, -0.25) is 0 Å². The third-order valence-corrected chi connectivity index (χ3v) is 14.6. The zero-order valence-corrected chi connectivity index (χ0v) is 45.0. The molecular weight excluding hydrogens is 1140 g/mol. The van der Waals surface area contributed by atoms with E-state index in [9.17, 15) is 80.5 Å². The maximum Gasteiger partial charge on any atom is 0.349 e. The first-order valence-corrected chi connectivity index (χ1v) is 26.8. The maximum absolute atomic E-state index is 14.1. The number of esters is 4. The summed E-state index contributed by atoms with van der Waals surface area (Å²) in [6, 6.07) is 19.4. The number of aromatic nitrogens is 4. The van der Waals surface area contributed by atoms with E-state index in [0.717, 1.165) is 0 Å². The number of rotatable bonds is 18. The molecule has 4 saturated heterocycles. The molecule has 0 bridgehead atoms. The maximum atomic E-state index is 14.1. The molecule has 4 aromatic heterocycles. The lowest BCUT2D eigenvalue weighted by molar-refractivity contribution is -0.766. The number of benzene rings is 2. The SMILES string of the molecule is O=C(Oc1cc(/C=C/c2ccc(OC(=O)c3ccc[n+](C4O[C@H](CO)[C@@H](O)[C@H]4O)c3)c(OC(=O)c3ccc[n+](C4O[C@H](CO)[C@@H](O)[C@H]4O)c3)c2)cc(OC(=O)c2ccc[n+](C3O[C@H](CO)[C@@H](O)[C@H]3O)c2)c1)c1ccc[n+](C2O[C@H](CO)[C@@H](O)[C@H]2O)c1. The fourth-order valence-electron chi connectivity index (χ4n) is 10.0. The van der Waals surface area contributed by atoms with Crippen LogP contribution < -0.4 is 37.2 Å². The fraction of sp³-hybridized carbons (Fsp3) is 0.345. The molecule has 12 N–H and O–H groups in total. The van der Waals surface area contributed by atoms with Crippen LogP contribution in [-0.4, -0.2) is 185 Å². The van der Waals surface area contributed by atoms with Gasteiger partial charge < -0.3 is 99.2 Å². The average molecular weight is 1200 g/mol. The molecule has 8 heterocycles. The van der Waals surface area contributed by atoms with Gasteiger partial charge in [-0.15, -0.1) is 0 Å². The summed E-state index contributed by atoms with van der Waals surface area (Å²) in [6.07, 6.45) is -7.12. The van der Waals surface area contributed by atoms with Gasteiger partial charge in [-0.2, -0.15) is 18.3 Å². The lowest BCUT2D eigenvalue weighted by atomic mass is 10.1. The van der Waals surface area contributed by atoms with Crippen molar-refractivity contribution in [3.05, 3.63) is 168 Å². The van der Waals surface area contributed by atoms with Crippen molar-refractivity contribution in [3.63, 3.8) is 0 Å². The third-order valence-electron chi connectivity index (χ3n) is 14.6. The molecule has 4 aliphatic heterocycles. The zero-order chi connectivity index (χ0) is 61.1. The smallest absolute Gasteiger partial charge is 0.349 e. The Morgan fingerprint density at radius 1 is 0.372 bits per heavy atom. The van der Waals surface area contributed by atoms with Crippen molar-refractivity contribution in [1.29, 1.82) is 0 Å². The Labute approximate surface area is 486 Å². The molecule has 0 spiro atoms. The normalized spacial score (nSPS) is 28.8. The predicted octanol–water partition coefficient (Wildman–Crippen LogP) is -3.67. The van der Waals surface area contributed by atoms with Crippen molar-refractivity contribution in [2.75, 3.05) is 26.4 Å². The number of nitrogens with zero attached hydrogens (tertiary/aromatic N) is 4. The highest BCUT2D eigenvalue weighted by molar-refractivity contribution is 5.94. The van der Waals surface area contributed by atoms with E-state index in [-0.39, 0.29) is 56.4 Å². The van der Waals surface area contributed by atoms with E-state index >= 15 is 0 Å². The highest BCUT2D eigenvalue weighted by atomic mass is 16.6. The van der Waals surface area contributed by atoms with Gasteiger partial charge in [0.05, 0.1) is 26.4 Å². The summed E-state index contributed by atoms with van der Waals surface area (Å²) < 4.78 is 51.0. The Bertz CT molecular complexity index is 3390. The molecule has 452 valence electrons. The minimum absolute atomic E-state index is 0.0701. The molecule has 4 fully saturated rings. The Morgan fingerprint density at radius 3 is 0.988 bits per heavy atom. The van der Waals surface area contributed by atoms with Gasteiger partial charge in [0.2, 0.25) is 0 Å². The van der Waals surface area contributed by atoms with Gasteiger partial charge in [0.15, 0.2) is 85.5 Å². The molecule has 16 atom stereocenters. The molecular formula is C58H60N4O24+4. The highest BCUT2D eigenvalue weighted by Crippen LogP contribution is 2.34. The quantitative estimate of drug-likeness (QED) is 0.0171. The first kappa shape index (κ1) is 61.1. The van der Waals surface area contributed by atoms with Crippen LogP contribution in [0.1, 0.15) is 77.5 Å². The van der Waals surface area contributed by atoms with E-state index in [1.165, 1.54) is 165 Å². The van der Waals surface area contributed by atoms with Crippen LogP contribution in [0.25, 0.3) is 12.2 Å². The van der Waals surface area contributed by atoms with E-state index < -0.39 is 148 Å². The number of pyridine rings is 4. The first-order valence-electron chi connectivity index (χ1n) is 26.8. The second-order valence-electron chi connectivity index (χ2n) is 20.4. The molecule has 28 nitrogen and oxygen atoms in total. The van der Waals surface area contributed by atoms with Crippen molar-refractivity contribution in [2.45, 2.75) is 98.2 Å². The lowest BCUT2D eigenvalue weighted by Gasteiger charge is -2.13. The monoisotopic (exact) mass is 1200 g/mol. The lowest BCUT2D eigenvalue weighted by Crippen LogP contribution is -2.46. The molecule has 10 rings (SSSR count). The van der Waals surface area contributed by atoms with Gasteiger partial charge in [0.1, 0.15) is 82.6 Å². The van der Waals surface area contributed by atoms with Crippen LogP contribution in [0.5, 0.6) is 23.0 Å². The van der Waals surface area contributed by atoms with Gasteiger partial charge in [0, 0.05) is 30.3 Å². The van der Waals surface area contributed by atoms with E-state index in [0.29, 0.717) is 0 Å². The van der Waals surface area contributed by atoms with Gasteiger partial charge in [-0.05, 0) is 59.7 Å². The molecule has 0 amide bonds. The summed E-state index contributed by atoms with van der Waals surface area (Å²) in [5, 5.41) is 123. The van der Waals surface area contributed by atoms with Crippen molar-refractivity contribution in [3.8, 4) is 23.0 Å². The molecule has 6 aromatic rings. The number of aliphatic hydroxyl groups excluding tert-OH is 12. The first-order chi connectivity index (χ1) is 41.4. The Kier molecular flexibility index (Phi) is 18.7. The predicted molar refractivity (Wildman–Crippen MR) is 280 cm³/mol. The number of aliphatic hydroxyl groups is 12. The van der Waals surface area contributed by atoms with Crippen molar-refractivity contribution < 1.29 is 137 Å². The van der Waals surface area contributed by atoms with Crippen LogP contribution in [0.4, 0.5) is 0 Å². The summed E-state index contributed by atoms with van der Waals surface area (Å²) in [5.74, 6) is -4.87. The molecule has 4 unspecified atom stereocenters. The molecule has 0 radical (unpaired) electrons. The number of carbonyl (C=O) groups is 4. The minimum Gasteiger partial charge on any atom is -0.423 e. The molecule has 86 heavy (non-hydrogen) atoms. The molecule has 0 aliphatic carbocycles. The van der Waals surface area contributed by atoms with Crippen molar-refractivity contribution in [2.24, 2.45) is 0 Å². The van der Waals surface area contributed by atoms with Crippen LogP contribution in [0.3, 0.4) is 0 Å². The largest absolute Gasteiger partial charge is 0.423 e. The van der Waals surface area contributed by atoms with Crippen LogP contribution in [0, 0.1) is 0 Å². The van der Waals surface area contributed by atoms with Crippen LogP contribution in [0.15, 0.2) is 135 Å². The minimum atomic E-state index is -1.50. The standard InChI is InChI=1S/C58H60N4O24/c63-25-39-43(67)47(71)51(81-39)59-13-1-5-31(21-59)55(75)79-35-17-30(18-36(20-35)80-56(76)32-6-2-14-60(22-32)52-48(72)44(68)40(26-64)82-52)10-9-29-11-12-37(85-57(77)33-7-3-15-61(23-33)53-49(73)45(69)41(27-65)83-53)38(19-29)86-58(78)34-8-4-16-62(24-34)54-50(74)46(70)42(28-66)84-54/h1-24,39-54,63-74H,25-28H2/q+4/b10-9+/t39-,40-,41-,42-,43-,44-,45-,46-,47-,48-,49-,50-,51?,52?,53?,54?/m1/s1. The third kappa shape index (κ3) is 12.9. The van der Waals surface area contributed by atoms with Gasteiger partial charge in [0.25, 0.3) is 24.9 Å². The van der Waals surface area contributed by atoms with Crippen molar-refractivity contribution in [1.82, 2.24) is 0 Å². The molecule has 0 saturated carbocycles. The highest BCUT2D eigenvalue weighted by Gasteiger charge is 2.51. The summed E-state index contributed by atoms with van der Waals surface area (Å²) in [7, 11) is 0. The number of carbonyl (C=O) groups excluding carboxylic acids is 4. The van der Waals surface area contributed by atoms with Gasteiger partial charge in [-0.25, -0.2) is 19.2 Å².